The zero-order valence-corrected chi connectivity index (χ0v) is 16.2. The first-order valence-corrected chi connectivity index (χ1v) is 9.52. The Morgan fingerprint density at radius 1 is 1.04 bits per heavy atom. The van der Waals surface area contributed by atoms with Crippen molar-refractivity contribution >= 4 is 34.4 Å². The molecule has 0 bridgehead atoms. The molecule has 0 aliphatic heterocycles. The molecule has 1 aromatic carbocycles. The minimum Gasteiger partial charge on any atom is -0.340 e. The fourth-order valence-corrected chi connectivity index (χ4v) is 3.49. The van der Waals surface area contributed by atoms with E-state index < -0.39 is 0 Å². The van der Waals surface area contributed by atoms with E-state index in [-0.39, 0.29) is 5.91 Å². The number of benzene rings is 1. The maximum atomic E-state index is 12.2. The quantitative estimate of drug-likeness (QED) is 0.530. The zero-order chi connectivity index (χ0) is 19.5. The minimum absolute atomic E-state index is 0.102. The molecule has 7 nitrogen and oxygen atoms in total. The fraction of sp³-hybridized carbons (Fsp3) is 0.100. The number of carbonyl (C=O) groups is 1. The van der Waals surface area contributed by atoms with Gasteiger partial charge in [-0.25, -0.2) is 15.0 Å². The number of amides is 1. The van der Waals surface area contributed by atoms with Crippen molar-refractivity contribution in [2.24, 2.45) is 0 Å². The molecule has 0 spiro atoms. The van der Waals surface area contributed by atoms with Crippen molar-refractivity contribution in [1.29, 1.82) is 0 Å². The van der Waals surface area contributed by atoms with Crippen molar-refractivity contribution < 1.29 is 4.79 Å². The van der Waals surface area contributed by atoms with Crippen molar-refractivity contribution in [2.45, 2.75) is 13.8 Å². The molecule has 3 aromatic heterocycles. The van der Waals surface area contributed by atoms with Crippen LogP contribution in [0.15, 0.2) is 60.5 Å². The van der Waals surface area contributed by atoms with Crippen molar-refractivity contribution in [3.63, 3.8) is 0 Å². The molecule has 0 saturated carbocycles. The standard InChI is InChI=1S/C20H18N6OS/c1-13-9-17(28-11-13)20(27)25-16-5-3-15(4-6-16)24-18-10-19(23-12-22-18)26-8-7-21-14(26)2/h3-12H,1-2H3,(H,25,27)(H,22,23,24). The summed E-state index contributed by atoms with van der Waals surface area (Å²) in [6.45, 7) is 3.89. The lowest BCUT2D eigenvalue weighted by Gasteiger charge is -2.09. The smallest absolute Gasteiger partial charge is 0.265 e. The summed E-state index contributed by atoms with van der Waals surface area (Å²) in [6, 6.07) is 11.2. The number of aromatic nitrogens is 4. The fourth-order valence-electron chi connectivity index (χ4n) is 2.70. The van der Waals surface area contributed by atoms with Crippen molar-refractivity contribution in [2.75, 3.05) is 10.6 Å². The van der Waals surface area contributed by atoms with E-state index in [0.717, 1.165) is 28.6 Å². The van der Waals surface area contributed by atoms with E-state index in [1.165, 1.54) is 17.7 Å². The molecule has 0 fully saturated rings. The average molecular weight is 390 g/mol. The van der Waals surface area contributed by atoms with Crippen LogP contribution in [0.3, 0.4) is 0 Å². The lowest BCUT2D eigenvalue weighted by Crippen LogP contribution is -2.10. The van der Waals surface area contributed by atoms with E-state index in [4.69, 9.17) is 0 Å². The Kier molecular flexibility index (Phi) is 4.86. The highest BCUT2D eigenvalue weighted by Gasteiger charge is 2.09. The van der Waals surface area contributed by atoms with Gasteiger partial charge in [-0.1, -0.05) is 0 Å². The molecule has 4 aromatic rings. The molecule has 8 heteroatoms. The number of hydrogen-bond acceptors (Lipinski definition) is 6. The summed E-state index contributed by atoms with van der Waals surface area (Å²) in [4.78, 5) is 25.7. The van der Waals surface area contributed by atoms with E-state index in [1.807, 2.05) is 66.4 Å². The van der Waals surface area contributed by atoms with Gasteiger partial charge in [-0.15, -0.1) is 11.3 Å². The second-order valence-corrected chi connectivity index (χ2v) is 7.16. The molecule has 0 aliphatic rings. The number of nitrogens with one attached hydrogen (secondary N) is 2. The van der Waals surface area contributed by atoms with E-state index in [9.17, 15) is 4.79 Å². The maximum Gasteiger partial charge on any atom is 0.265 e. The lowest BCUT2D eigenvalue weighted by atomic mass is 10.2. The van der Waals surface area contributed by atoms with Crippen LogP contribution in [0, 0.1) is 13.8 Å². The molecule has 0 saturated heterocycles. The molecular formula is C20H18N6OS. The maximum absolute atomic E-state index is 12.2. The summed E-state index contributed by atoms with van der Waals surface area (Å²) in [5.74, 6) is 2.16. The molecule has 0 atom stereocenters. The van der Waals surface area contributed by atoms with Gasteiger partial charge in [-0.2, -0.15) is 0 Å². The Hall–Kier alpha value is -3.52. The second kappa shape index (κ2) is 7.61. The van der Waals surface area contributed by atoms with Crippen LogP contribution in [0.4, 0.5) is 17.2 Å². The highest BCUT2D eigenvalue weighted by molar-refractivity contribution is 7.12. The first-order chi connectivity index (χ1) is 13.6. The van der Waals surface area contributed by atoms with Gasteiger partial charge in [0.1, 0.15) is 23.8 Å². The lowest BCUT2D eigenvalue weighted by molar-refractivity contribution is 0.103. The average Bonchev–Trinajstić information content (AvgIpc) is 3.32. The normalized spacial score (nSPS) is 10.6. The third-order valence-electron chi connectivity index (χ3n) is 4.09. The molecule has 0 unspecified atom stereocenters. The number of hydrogen-bond donors (Lipinski definition) is 2. The molecule has 3 heterocycles. The Bertz CT molecular complexity index is 1120. The largest absolute Gasteiger partial charge is 0.340 e. The van der Waals surface area contributed by atoms with Gasteiger partial charge >= 0.3 is 0 Å². The molecular weight excluding hydrogens is 372 g/mol. The van der Waals surface area contributed by atoms with Crippen LogP contribution in [-0.2, 0) is 0 Å². The number of aryl methyl sites for hydroxylation is 2. The van der Waals surface area contributed by atoms with Crippen LogP contribution >= 0.6 is 11.3 Å². The summed E-state index contributed by atoms with van der Waals surface area (Å²) in [6.07, 6.45) is 5.10. The Morgan fingerprint density at radius 2 is 1.82 bits per heavy atom. The first kappa shape index (κ1) is 17.9. The van der Waals surface area contributed by atoms with E-state index in [0.29, 0.717) is 10.7 Å². The van der Waals surface area contributed by atoms with Gasteiger partial charge in [0.05, 0.1) is 4.88 Å². The molecule has 140 valence electrons. The highest BCUT2D eigenvalue weighted by Crippen LogP contribution is 2.20. The SMILES string of the molecule is Cc1csc(C(=O)Nc2ccc(Nc3cc(-n4ccnc4C)ncn3)cc2)c1. The van der Waals surface area contributed by atoms with Crippen LogP contribution in [0.2, 0.25) is 0 Å². The van der Waals surface area contributed by atoms with Crippen molar-refractivity contribution in [1.82, 2.24) is 19.5 Å². The third-order valence-corrected chi connectivity index (χ3v) is 5.14. The van der Waals surface area contributed by atoms with Gasteiger partial charge in [0.2, 0.25) is 0 Å². The Morgan fingerprint density at radius 3 is 2.50 bits per heavy atom. The van der Waals surface area contributed by atoms with Gasteiger partial charge in [0, 0.05) is 29.8 Å². The summed E-state index contributed by atoms with van der Waals surface area (Å²) >= 11 is 1.44. The molecule has 28 heavy (non-hydrogen) atoms. The van der Waals surface area contributed by atoms with Gasteiger partial charge in [-0.05, 0) is 55.1 Å². The Labute approximate surface area is 166 Å². The van der Waals surface area contributed by atoms with E-state index >= 15 is 0 Å². The summed E-state index contributed by atoms with van der Waals surface area (Å²) < 4.78 is 1.89. The predicted octanol–water partition coefficient (Wildman–Crippen LogP) is 4.34. The van der Waals surface area contributed by atoms with Crippen LogP contribution in [0.5, 0.6) is 0 Å². The van der Waals surface area contributed by atoms with E-state index in [2.05, 4.69) is 25.6 Å². The number of thiophene rings is 1. The topological polar surface area (TPSA) is 84.7 Å². The number of nitrogens with zero attached hydrogens (tertiary/aromatic N) is 4. The van der Waals surface area contributed by atoms with Gasteiger partial charge in [-0.3, -0.25) is 9.36 Å². The predicted molar refractivity (Wildman–Crippen MR) is 111 cm³/mol. The number of carbonyl (C=O) groups excluding carboxylic acids is 1. The van der Waals surface area contributed by atoms with E-state index in [1.54, 1.807) is 6.20 Å². The van der Waals surface area contributed by atoms with Crippen molar-refractivity contribution in [3.05, 3.63) is 76.8 Å². The van der Waals surface area contributed by atoms with Crippen LogP contribution in [0.1, 0.15) is 21.1 Å². The number of anilines is 3. The number of imidazole rings is 1. The first-order valence-electron chi connectivity index (χ1n) is 8.64. The highest BCUT2D eigenvalue weighted by atomic mass is 32.1. The summed E-state index contributed by atoms with van der Waals surface area (Å²) in [7, 11) is 0. The molecule has 1 amide bonds. The second-order valence-electron chi connectivity index (χ2n) is 6.25. The van der Waals surface area contributed by atoms with Gasteiger partial charge in [0.25, 0.3) is 5.91 Å². The number of rotatable bonds is 5. The molecule has 2 N–H and O–H groups in total. The summed E-state index contributed by atoms with van der Waals surface area (Å²) in [5, 5.41) is 8.11. The van der Waals surface area contributed by atoms with Crippen LogP contribution in [0.25, 0.3) is 5.82 Å². The molecule has 0 aliphatic carbocycles. The van der Waals surface area contributed by atoms with Crippen molar-refractivity contribution in [3.8, 4) is 5.82 Å². The monoisotopic (exact) mass is 390 g/mol. The molecule has 0 radical (unpaired) electrons. The molecule has 4 rings (SSSR count). The van der Waals surface area contributed by atoms with Gasteiger partial charge in [0.15, 0.2) is 0 Å². The van der Waals surface area contributed by atoms with Crippen LogP contribution in [-0.4, -0.2) is 25.4 Å². The zero-order valence-electron chi connectivity index (χ0n) is 15.4. The summed E-state index contributed by atoms with van der Waals surface area (Å²) in [5.41, 5.74) is 2.68. The van der Waals surface area contributed by atoms with Gasteiger partial charge < -0.3 is 10.6 Å². The third kappa shape index (κ3) is 3.91. The Balaban J connectivity index is 1.45. The van der Waals surface area contributed by atoms with Crippen LogP contribution < -0.4 is 10.6 Å². The minimum atomic E-state index is -0.102.